The molecule has 2 aromatic rings. The first kappa shape index (κ1) is 20.0. The lowest BCUT2D eigenvalue weighted by Crippen LogP contribution is -2.40. The van der Waals surface area contributed by atoms with E-state index < -0.39 is 35.3 Å². The number of rotatable bonds is 3. The molecule has 4 nitrogen and oxygen atoms in total. The third-order valence-electron chi connectivity index (χ3n) is 4.70. The number of nitrogens with zero attached hydrogens (tertiary/aromatic N) is 2. The smallest absolute Gasteiger partial charge is 0.345 e. The van der Waals surface area contributed by atoms with Crippen LogP contribution in [0.15, 0.2) is 24.3 Å². The van der Waals surface area contributed by atoms with Crippen LogP contribution >= 0.6 is 0 Å². The summed E-state index contributed by atoms with van der Waals surface area (Å²) >= 11 is 0. The minimum absolute atomic E-state index is 0.0423. The number of hydrogen-bond donors (Lipinski definition) is 1. The quantitative estimate of drug-likeness (QED) is 0.768. The molecular weight excluding hydrogens is 381 g/mol. The van der Waals surface area contributed by atoms with Crippen LogP contribution in [0.1, 0.15) is 29.7 Å². The van der Waals surface area contributed by atoms with Crippen LogP contribution in [0.3, 0.4) is 0 Å². The summed E-state index contributed by atoms with van der Waals surface area (Å²) in [5, 5.41) is 2.41. The van der Waals surface area contributed by atoms with E-state index in [4.69, 9.17) is 0 Å². The SMILES string of the molecule is Cc1cc(C(F)(F)F)cc(N2CCC[C@H]2C(=O)Nc2ccc(F)c(C)c2F)n1. The molecule has 9 heteroatoms. The van der Waals surface area contributed by atoms with Crippen molar-refractivity contribution in [1.82, 2.24) is 4.98 Å². The van der Waals surface area contributed by atoms with Crippen LogP contribution in [0.2, 0.25) is 0 Å². The first-order valence-corrected chi connectivity index (χ1v) is 8.66. The van der Waals surface area contributed by atoms with E-state index >= 15 is 0 Å². The lowest BCUT2D eigenvalue weighted by atomic mass is 10.1. The van der Waals surface area contributed by atoms with E-state index in [0.717, 1.165) is 24.3 Å². The molecule has 3 rings (SSSR count). The first-order chi connectivity index (χ1) is 13.1. The zero-order valence-electron chi connectivity index (χ0n) is 15.2. The standard InChI is InChI=1S/C19H18F5N3O/c1-10-8-12(19(22,23)24)9-16(25-10)27-7-3-4-15(27)18(28)26-14-6-5-13(20)11(2)17(14)21/h5-6,8-9,15H,3-4,7H2,1-2H3,(H,26,28)/t15-/m0/s1. The third-order valence-corrected chi connectivity index (χ3v) is 4.70. The molecule has 28 heavy (non-hydrogen) atoms. The number of carbonyl (C=O) groups excluding carboxylic acids is 1. The second kappa shape index (κ2) is 7.37. The van der Waals surface area contributed by atoms with Crippen molar-refractivity contribution in [3.8, 4) is 0 Å². The molecule has 0 unspecified atom stereocenters. The van der Waals surface area contributed by atoms with Gasteiger partial charge in [-0.1, -0.05) is 0 Å². The Balaban J connectivity index is 1.86. The number of pyridine rings is 1. The fraction of sp³-hybridized carbons (Fsp3) is 0.368. The molecule has 1 N–H and O–H groups in total. The van der Waals surface area contributed by atoms with Gasteiger partial charge in [0, 0.05) is 17.8 Å². The van der Waals surface area contributed by atoms with Crippen LogP contribution in [0.5, 0.6) is 0 Å². The van der Waals surface area contributed by atoms with Crippen molar-refractivity contribution in [2.75, 3.05) is 16.8 Å². The molecule has 1 aliphatic rings. The summed E-state index contributed by atoms with van der Waals surface area (Å²) in [6.45, 7) is 3.04. The normalized spacial score (nSPS) is 17.1. The van der Waals surface area contributed by atoms with Crippen LogP contribution in [0.4, 0.5) is 33.5 Å². The molecule has 1 amide bonds. The van der Waals surface area contributed by atoms with E-state index in [-0.39, 0.29) is 22.8 Å². The number of carbonyl (C=O) groups is 1. The number of nitrogens with one attached hydrogen (secondary N) is 1. The Hall–Kier alpha value is -2.71. The number of aryl methyl sites for hydroxylation is 1. The number of anilines is 2. The van der Waals surface area contributed by atoms with Gasteiger partial charge < -0.3 is 10.2 Å². The van der Waals surface area contributed by atoms with Crippen molar-refractivity contribution in [3.63, 3.8) is 0 Å². The highest BCUT2D eigenvalue weighted by Gasteiger charge is 2.35. The van der Waals surface area contributed by atoms with E-state index in [1.807, 2.05) is 0 Å². The second-order valence-corrected chi connectivity index (χ2v) is 6.73. The van der Waals surface area contributed by atoms with E-state index in [9.17, 15) is 26.7 Å². The molecule has 1 aromatic carbocycles. The summed E-state index contributed by atoms with van der Waals surface area (Å²) in [7, 11) is 0. The Morgan fingerprint density at radius 2 is 1.93 bits per heavy atom. The first-order valence-electron chi connectivity index (χ1n) is 8.66. The number of benzene rings is 1. The molecule has 0 spiro atoms. The maximum absolute atomic E-state index is 14.2. The number of alkyl halides is 3. The van der Waals surface area contributed by atoms with Gasteiger partial charge in [-0.2, -0.15) is 13.2 Å². The van der Waals surface area contributed by atoms with Crippen molar-refractivity contribution in [1.29, 1.82) is 0 Å². The fourth-order valence-corrected chi connectivity index (χ4v) is 3.25. The van der Waals surface area contributed by atoms with E-state index in [1.54, 1.807) is 0 Å². The molecule has 0 saturated carbocycles. The van der Waals surface area contributed by atoms with Crippen LogP contribution in [-0.2, 0) is 11.0 Å². The zero-order valence-corrected chi connectivity index (χ0v) is 15.2. The zero-order chi connectivity index (χ0) is 20.6. The average molecular weight is 399 g/mol. The molecule has 0 radical (unpaired) electrons. The molecular formula is C19H18F5N3O. The van der Waals surface area contributed by atoms with Gasteiger partial charge >= 0.3 is 6.18 Å². The Bertz CT molecular complexity index is 913. The number of aromatic nitrogens is 1. The molecule has 1 fully saturated rings. The Labute approximate surface area is 158 Å². The fourth-order valence-electron chi connectivity index (χ4n) is 3.25. The van der Waals surface area contributed by atoms with Gasteiger partial charge in [-0.3, -0.25) is 4.79 Å². The predicted octanol–water partition coefficient (Wildman–Crippen LogP) is 4.60. The minimum Gasteiger partial charge on any atom is -0.345 e. The number of hydrogen-bond acceptors (Lipinski definition) is 3. The van der Waals surface area contributed by atoms with Crippen LogP contribution < -0.4 is 10.2 Å². The molecule has 2 heterocycles. The molecule has 1 saturated heterocycles. The van der Waals surface area contributed by atoms with Crippen molar-refractivity contribution in [2.45, 2.75) is 38.9 Å². The summed E-state index contributed by atoms with van der Waals surface area (Å²) in [5.41, 5.74) is -1.07. The summed E-state index contributed by atoms with van der Waals surface area (Å²) in [6.07, 6.45) is -3.58. The van der Waals surface area contributed by atoms with Gasteiger partial charge in [0.2, 0.25) is 5.91 Å². The van der Waals surface area contributed by atoms with Gasteiger partial charge in [-0.25, -0.2) is 13.8 Å². The largest absolute Gasteiger partial charge is 0.416 e. The highest BCUT2D eigenvalue weighted by molar-refractivity contribution is 5.97. The lowest BCUT2D eigenvalue weighted by molar-refractivity contribution is -0.137. The van der Waals surface area contributed by atoms with Gasteiger partial charge in [0.1, 0.15) is 17.7 Å². The molecule has 0 aliphatic carbocycles. The van der Waals surface area contributed by atoms with Gasteiger partial charge in [0.15, 0.2) is 5.82 Å². The topological polar surface area (TPSA) is 45.2 Å². The Morgan fingerprint density at radius 3 is 2.61 bits per heavy atom. The monoisotopic (exact) mass is 399 g/mol. The van der Waals surface area contributed by atoms with Crippen molar-refractivity contribution >= 4 is 17.4 Å². The Morgan fingerprint density at radius 1 is 1.21 bits per heavy atom. The average Bonchev–Trinajstić information content (AvgIpc) is 3.11. The summed E-state index contributed by atoms with van der Waals surface area (Å²) in [6, 6.07) is 3.19. The number of amides is 1. The molecule has 0 bridgehead atoms. The lowest BCUT2D eigenvalue weighted by Gasteiger charge is -2.26. The van der Waals surface area contributed by atoms with Crippen molar-refractivity contribution in [2.24, 2.45) is 0 Å². The highest BCUT2D eigenvalue weighted by Crippen LogP contribution is 2.34. The predicted molar refractivity (Wildman–Crippen MR) is 94.1 cm³/mol. The maximum atomic E-state index is 14.2. The molecule has 1 aromatic heterocycles. The van der Waals surface area contributed by atoms with E-state index in [0.29, 0.717) is 19.4 Å². The van der Waals surface area contributed by atoms with Crippen molar-refractivity contribution < 1.29 is 26.7 Å². The molecule has 1 atom stereocenters. The third kappa shape index (κ3) is 3.93. The van der Waals surface area contributed by atoms with Gasteiger partial charge in [0.25, 0.3) is 0 Å². The maximum Gasteiger partial charge on any atom is 0.416 e. The number of halogens is 5. The molecule has 1 aliphatic heterocycles. The van der Waals surface area contributed by atoms with E-state index in [2.05, 4.69) is 10.3 Å². The summed E-state index contributed by atoms with van der Waals surface area (Å²) in [5.74, 6) is -2.16. The van der Waals surface area contributed by atoms with Crippen LogP contribution in [0.25, 0.3) is 0 Å². The van der Waals surface area contributed by atoms with E-state index in [1.165, 1.54) is 18.7 Å². The Kier molecular flexibility index (Phi) is 5.27. The second-order valence-electron chi connectivity index (χ2n) is 6.73. The molecule has 150 valence electrons. The van der Waals surface area contributed by atoms with Crippen LogP contribution in [0, 0.1) is 25.5 Å². The summed E-state index contributed by atoms with van der Waals surface area (Å²) < 4.78 is 66.8. The summed E-state index contributed by atoms with van der Waals surface area (Å²) in [4.78, 5) is 18.3. The minimum atomic E-state index is -4.53. The van der Waals surface area contributed by atoms with Crippen LogP contribution in [-0.4, -0.2) is 23.5 Å². The highest BCUT2D eigenvalue weighted by atomic mass is 19.4. The van der Waals surface area contributed by atoms with Gasteiger partial charge in [-0.15, -0.1) is 0 Å². The van der Waals surface area contributed by atoms with Gasteiger partial charge in [-0.05, 0) is 51.0 Å². The van der Waals surface area contributed by atoms with Crippen molar-refractivity contribution in [3.05, 3.63) is 52.7 Å². The van der Waals surface area contributed by atoms with Gasteiger partial charge in [0.05, 0.1) is 11.3 Å².